The molecule has 3 rings (SSSR count). The van der Waals surface area contributed by atoms with Gasteiger partial charge in [-0.15, -0.1) is 0 Å². The predicted octanol–water partition coefficient (Wildman–Crippen LogP) is 3.49. The van der Waals surface area contributed by atoms with Crippen LogP contribution in [0.15, 0.2) is 24.3 Å². The molecule has 1 heterocycles. The molecule has 1 aromatic carbocycles. The zero-order valence-corrected chi connectivity index (χ0v) is 10.1. The van der Waals surface area contributed by atoms with Gasteiger partial charge in [0.2, 0.25) is 0 Å². The van der Waals surface area contributed by atoms with Crippen molar-refractivity contribution in [3.8, 4) is 0 Å². The number of carbonyl (C=O) groups excluding carboxylic acids is 1. The first-order chi connectivity index (χ1) is 8.29. The highest BCUT2D eigenvalue weighted by Crippen LogP contribution is 2.38. The minimum atomic E-state index is -0.193. The zero-order valence-electron chi connectivity index (χ0n) is 10.1. The highest BCUT2D eigenvalue weighted by molar-refractivity contribution is 5.92. The van der Waals surface area contributed by atoms with Crippen LogP contribution in [-0.4, -0.2) is 11.6 Å². The summed E-state index contributed by atoms with van der Waals surface area (Å²) in [6.07, 6.45) is 7.92. The molecule has 2 aliphatic rings. The van der Waals surface area contributed by atoms with Crippen molar-refractivity contribution in [2.45, 2.75) is 50.5 Å². The van der Waals surface area contributed by atoms with Crippen molar-refractivity contribution in [3.05, 3.63) is 35.4 Å². The molecule has 1 spiro atoms. The normalized spacial score (nSPS) is 22.7. The van der Waals surface area contributed by atoms with E-state index in [0.717, 1.165) is 24.8 Å². The largest absolute Gasteiger partial charge is 0.455 e. The van der Waals surface area contributed by atoms with Crippen LogP contribution in [0.4, 0.5) is 0 Å². The molecule has 0 atom stereocenters. The molecule has 1 aromatic rings. The van der Waals surface area contributed by atoms with Gasteiger partial charge in [0.15, 0.2) is 0 Å². The summed E-state index contributed by atoms with van der Waals surface area (Å²) in [7, 11) is 0. The van der Waals surface area contributed by atoms with Crippen LogP contribution in [0.2, 0.25) is 0 Å². The lowest BCUT2D eigenvalue weighted by atomic mass is 9.83. The van der Waals surface area contributed by atoms with Gasteiger partial charge in [-0.1, -0.05) is 31.0 Å². The van der Waals surface area contributed by atoms with Gasteiger partial charge in [-0.25, -0.2) is 4.79 Å². The van der Waals surface area contributed by atoms with E-state index in [0.29, 0.717) is 0 Å². The fourth-order valence-electron chi connectivity index (χ4n) is 3.16. The second kappa shape index (κ2) is 4.17. The molecule has 0 unspecified atom stereocenters. The Kier molecular flexibility index (Phi) is 2.65. The number of hydrogen-bond donors (Lipinski definition) is 0. The molecule has 90 valence electrons. The van der Waals surface area contributed by atoms with E-state index in [2.05, 4.69) is 6.07 Å². The van der Waals surface area contributed by atoms with E-state index in [1.54, 1.807) is 0 Å². The third-order valence-corrected chi connectivity index (χ3v) is 4.07. The van der Waals surface area contributed by atoms with Gasteiger partial charge in [-0.2, -0.15) is 0 Å². The quantitative estimate of drug-likeness (QED) is 0.638. The van der Waals surface area contributed by atoms with Crippen molar-refractivity contribution in [1.29, 1.82) is 0 Å². The van der Waals surface area contributed by atoms with Crippen LogP contribution in [0, 0.1) is 0 Å². The van der Waals surface area contributed by atoms with Crippen molar-refractivity contribution in [1.82, 2.24) is 0 Å². The van der Waals surface area contributed by atoms with Crippen LogP contribution >= 0.6 is 0 Å². The zero-order chi connectivity index (χ0) is 11.7. The van der Waals surface area contributed by atoms with E-state index in [-0.39, 0.29) is 11.6 Å². The molecular formula is C15H18O2. The first kappa shape index (κ1) is 10.8. The second-order valence-electron chi connectivity index (χ2n) is 5.32. The smallest absolute Gasteiger partial charge is 0.338 e. The van der Waals surface area contributed by atoms with Gasteiger partial charge in [0.25, 0.3) is 0 Å². The molecule has 0 aromatic heterocycles. The lowest BCUT2D eigenvalue weighted by Crippen LogP contribution is -2.41. The third-order valence-electron chi connectivity index (χ3n) is 4.07. The average molecular weight is 230 g/mol. The molecule has 0 amide bonds. The molecule has 0 N–H and O–H groups in total. The third kappa shape index (κ3) is 1.97. The first-order valence-electron chi connectivity index (χ1n) is 6.60. The summed E-state index contributed by atoms with van der Waals surface area (Å²) in [5.74, 6) is -0.117. The summed E-state index contributed by atoms with van der Waals surface area (Å²) in [5.41, 5.74) is 1.75. The Balaban J connectivity index is 1.94. The van der Waals surface area contributed by atoms with Crippen LogP contribution in [0.5, 0.6) is 0 Å². The summed E-state index contributed by atoms with van der Waals surface area (Å²) < 4.78 is 5.78. The Hall–Kier alpha value is -1.31. The van der Waals surface area contributed by atoms with Crippen LogP contribution < -0.4 is 0 Å². The van der Waals surface area contributed by atoms with Gasteiger partial charge in [0.05, 0.1) is 5.56 Å². The molecule has 17 heavy (non-hydrogen) atoms. The Morgan fingerprint density at radius 1 is 1.00 bits per heavy atom. The highest BCUT2D eigenvalue weighted by atomic mass is 16.6. The number of hydrogen-bond acceptors (Lipinski definition) is 2. The number of ether oxygens (including phenoxy) is 1. The van der Waals surface area contributed by atoms with Crippen LogP contribution in [-0.2, 0) is 11.2 Å². The maximum Gasteiger partial charge on any atom is 0.338 e. The van der Waals surface area contributed by atoms with Gasteiger partial charge in [0.1, 0.15) is 5.60 Å². The minimum absolute atomic E-state index is 0.117. The molecule has 1 aliphatic carbocycles. The summed E-state index contributed by atoms with van der Waals surface area (Å²) in [5, 5.41) is 0. The SMILES string of the molecule is O=C1OC2(CCCCCC2)Cc2ccccc21. The van der Waals surface area contributed by atoms with E-state index >= 15 is 0 Å². The van der Waals surface area contributed by atoms with Gasteiger partial charge in [-0.3, -0.25) is 0 Å². The summed E-state index contributed by atoms with van der Waals surface area (Å²) in [4.78, 5) is 12.0. The molecule has 0 saturated heterocycles. The summed E-state index contributed by atoms with van der Waals surface area (Å²) >= 11 is 0. The highest BCUT2D eigenvalue weighted by Gasteiger charge is 2.39. The average Bonchev–Trinajstić information content (AvgIpc) is 2.55. The van der Waals surface area contributed by atoms with E-state index in [9.17, 15) is 4.79 Å². The molecule has 0 radical (unpaired) electrons. The van der Waals surface area contributed by atoms with Crippen LogP contribution in [0.1, 0.15) is 54.4 Å². The van der Waals surface area contributed by atoms with Gasteiger partial charge in [0, 0.05) is 6.42 Å². The fraction of sp³-hybridized carbons (Fsp3) is 0.533. The summed E-state index contributed by atoms with van der Waals surface area (Å²) in [6.45, 7) is 0. The lowest BCUT2D eigenvalue weighted by Gasteiger charge is -2.37. The number of carbonyl (C=O) groups is 1. The molecule has 1 saturated carbocycles. The molecule has 1 fully saturated rings. The maximum absolute atomic E-state index is 12.0. The van der Waals surface area contributed by atoms with Crippen molar-refractivity contribution in [3.63, 3.8) is 0 Å². The molecule has 2 heteroatoms. The maximum atomic E-state index is 12.0. The first-order valence-corrected chi connectivity index (χ1v) is 6.60. The van der Waals surface area contributed by atoms with Gasteiger partial charge >= 0.3 is 5.97 Å². The molecule has 2 nitrogen and oxygen atoms in total. The molecular weight excluding hydrogens is 212 g/mol. The fourth-order valence-corrected chi connectivity index (χ4v) is 3.16. The Bertz CT molecular complexity index is 428. The van der Waals surface area contributed by atoms with Crippen molar-refractivity contribution < 1.29 is 9.53 Å². The Morgan fingerprint density at radius 3 is 2.47 bits per heavy atom. The van der Waals surface area contributed by atoms with E-state index in [1.165, 1.54) is 31.2 Å². The van der Waals surface area contributed by atoms with Crippen LogP contribution in [0.3, 0.4) is 0 Å². The standard InChI is InChI=1S/C15H18O2/c16-14-13-8-4-3-7-12(13)11-15(17-14)9-5-1-2-6-10-15/h3-4,7-8H,1-2,5-6,9-11H2. The number of rotatable bonds is 0. The van der Waals surface area contributed by atoms with Gasteiger partial charge in [-0.05, 0) is 37.3 Å². The Morgan fingerprint density at radius 2 is 1.71 bits per heavy atom. The number of fused-ring (bicyclic) bond motifs is 1. The molecule has 0 bridgehead atoms. The minimum Gasteiger partial charge on any atom is -0.455 e. The van der Waals surface area contributed by atoms with E-state index < -0.39 is 0 Å². The summed E-state index contributed by atoms with van der Waals surface area (Å²) in [6, 6.07) is 7.87. The number of esters is 1. The van der Waals surface area contributed by atoms with Crippen molar-refractivity contribution >= 4 is 5.97 Å². The van der Waals surface area contributed by atoms with Gasteiger partial charge < -0.3 is 4.74 Å². The second-order valence-corrected chi connectivity index (χ2v) is 5.32. The van der Waals surface area contributed by atoms with E-state index in [1.807, 2.05) is 18.2 Å². The predicted molar refractivity (Wildman–Crippen MR) is 66.0 cm³/mol. The van der Waals surface area contributed by atoms with Crippen molar-refractivity contribution in [2.75, 3.05) is 0 Å². The van der Waals surface area contributed by atoms with Crippen molar-refractivity contribution in [2.24, 2.45) is 0 Å². The monoisotopic (exact) mass is 230 g/mol. The number of benzene rings is 1. The lowest BCUT2D eigenvalue weighted by molar-refractivity contribution is -0.0325. The Labute approximate surface area is 102 Å². The van der Waals surface area contributed by atoms with E-state index in [4.69, 9.17) is 4.74 Å². The topological polar surface area (TPSA) is 26.3 Å². The van der Waals surface area contributed by atoms with Crippen LogP contribution in [0.25, 0.3) is 0 Å². The molecule has 1 aliphatic heterocycles.